The summed E-state index contributed by atoms with van der Waals surface area (Å²) in [6.45, 7) is 0.803. The van der Waals surface area contributed by atoms with E-state index in [1.807, 2.05) is 0 Å². The third kappa shape index (κ3) is 2.53. The second-order valence-corrected chi connectivity index (χ2v) is 4.41. The van der Waals surface area contributed by atoms with Gasteiger partial charge in [-0.05, 0) is 18.4 Å². The molecule has 0 spiro atoms. The normalized spacial score (nSPS) is 19.3. The quantitative estimate of drug-likeness (QED) is 0.822. The van der Waals surface area contributed by atoms with Crippen LogP contribution < -0.4 is 5.73 Å². The van der Waals surface area contributed by atoms with Gasteiger partial charge in [0.25, 0.3) is 0 Å². The molecule has 0 radical (unpaired) electrons. The van der Waals surface area contributed by atoms with Crippen molar-refractivity contribution >= 4 is 12.4 Å². The molecule has 0 saturated heterocycles. The van der Waals surface area contributed by atoms with E-state index in [-0.39, 0.29) is 12.4 Å². The minimum Gasteiger partial charge on any atom is -0.330 e. The maximum absolute atomic E-state index is 5.97. The zero-order valence-corrected chi connectivity index (χ0v) is 9.93. The van der Waals surface area contributed by atoms with Crippen LogP contribution in [0.3, 0.4) is 0 Å². The lowest BCUT2D eigenvalue weighted by Gasteiger charge is -2.36. The third-order valence-electron chi connectivity index (χ3n) is 3.59. The van der Waals surface area contributed by atoms with Crippen LogP contribution in [0.4, 0.5) is 0 Å². The lowest BCUT2D eigenvalue weighted by atomic mass is 9.69. The van der Waals surface area contributed by atoms with E-state index < -0.39 is 0 Å². The zero-order valence-electron chi connectivity index (χ0n) is 9.11. The van der Waals surface area contributed by atoms with Crippen LogP contribution in [0.5, 0.6) is 0 Å². The van der Waals surface area contributed by atoms with Gasteiger partial charge in [0.2, 0.25) is 0 Å². The van der Waals surface area contributed by atoms with Crippen LogP contribution in [0.1, 0.15) is 37.7 Å². The van der Waals surface area contributed by atoms with E-state index in [4.69, 9.17) is 5.73 Å². The Hall–Kier alpha value is -0.530. The Morgan fingerprint density at radius 1 is 1.00 bits per heavy atom. The molecule has 2 N–H and O–H groups in total. The summed E-state index contributed by atoms with van der Waals surface area (Å²) < 4.78 is 0. The summed E-state index contributed by atoms with van der Waals surface area (Å²) in [6.07, 6.45) is 6.60. The van der Waals surface area contributed by atoms with E-state index in [1.54, 1.807) is 0 Å². The Morgan fingerprint density at radius 2 is 1.60 bits per heavy atom. The van der Waals surface area contributed by atoms with Gasteiger partial charge >= 0.3 is 0 Å². The van der Waals surface area contributed by atoms with Crippen molar-refractivity contribution in [3.63, 3.8) is 0 Å². The average molecular weight is 226 g/mol. The summed E-state index contributed by atoms with van der Waals surface area (Å²) in [5.74, 6) is 0. The van der Waals surface area contributed by atoms with Crippen molar-refractivity contribution in [1.29, 1.82) is 0 Å². The molecule has 0 aromatic heterocycles. The van der Waals surface area contributed by atoms with Gasteiger partial charge in [-0.2, -0.15) is 0 Å². The molecule has 1 aromatic rings. The fourth-order valence-corrected chi connectivity index (χ4v) is 2.63. The molecule has 0 amide bonds. The molecule has 84 valence electrons. The van der Waals surface area contributed by atoms with Crippen molar-refractivity contribution in [3.05, 3.63) is 35.9 Å². The molecule has 0 heterocycles. The van der Waals surface area contributed by atoms with Crippen LogP contribution in [0.15, 0.2) is 30.3 Å². The average Bonchev–Trinajstić information content (AvgIpc) is 2.31. The molecule has 2 heteroatoms. The van der Waals surface area contributed by atoms with Gasteiger partial charge in [-0.25, -0.2) is 0 Å². The first-order valence-corrected chi connectivity index (χ1v) is 5.63. The largest absolute Gasteiger partial charge is 0.330 e. The fourth-order valence-electron chi connectivity index (χ4n) is 2.63. The van der Waals surface area contributed by atoms with Crippen LogP contribution in [0, 0.1) is 0 Å². The molecule has 1 aliphatic rings. The Kier molecular flexibility index (Phi) is 4.62. The number of nitrogens with two attached hydrogens (primary N) is 1. The van der Waals surface area contributed by atoms with E-state index >= 15 is 0 Å². The SMILES string of the molecule is Cl.NCC1(c2ccccc2)CCCCC1. The standard InChI is InChI=1S/C13H19N.ClH/c14-11-13(9-5-2-6-10-13)12-7-3-1-4-8-12;/h1,3-4,7-8H,2,5-6,9-11,14H2;1H. The number of halogens is 1. The summed E-state index contributed by atoms with van der Waals surface area (Å²) in [7, 11) is 0. The molecular formula is C13H20ClN. The lowest BCUT2D eigenvalue weighted by molar-refractivity contribution is 0.301. The highest BCUT2D eigenvalue weighted by Gasteiger charge is 2.31. The van der Waals surface area contributed by atoms with Gasteiger partial charge < -0.3 is 5.73 Å². The maximum atomic E-state index is 5.97. The first-order chi connectivity index (χ1) is 6.87. The molecule has 0 unspecified atom stereocenters. The highest BCUT2D eigenvalue weighted by Crippen LogP contribution is 2.38. The second-order valence-electron chi connectivity index (χ2n) is 4.41. The number of rotatable bonds is 2. The van der Waals surface area contributed by atoms with Crippen molar-refractivity contribution in [2.75, 3.05) is 6.54 Å². The maximum Gasteiger partial charge on any atom is 0.00755 e. The monoisotopic (exact) mass is 225 g/mol. The molecule has 1 saturated carbocycles. The first-order valence-electron chi connectivity index (χ1n) is 5.63. The van der Waals surface area contributed by atoms with Crippen molar-refractivity contribution in [2.45, 2.75) is 37.5 Å². The summed E-state index contributed by atoms with van der Waals surface area (Å²) >= 11 is 0. The highest BCUT2D eigenvalue weighted by molar-refractivity contribution is 5.85. The Balaban J connectivity index is 0.00000112. The van der Waals surface area contributed by atoms with Gasteiger partial charge in [0.05, 0.1) is 0 Å². The summed E-state index contributed by atoms with van der Waals surface area (Å²) in [5, 5.41) is 0. The van der Waals surface area contributed by atoms with Gasteiger partial charge in [0.15, 0.2) is 0 Å². The first kappa shape index (κ1) is 12.5. The Labute approximate surface area is 98.5 Å². The fraction of sp³-hybridized carbons (Fsp3) is 0.538. The molecule has 0 atom stereocenters. The predicted octanol–water partition coefficient (Wildman–Crippen LogP) is 3.27. The van der Waals surface area contributed by atoms with Gasteiger partial charge in [-0.15, -0.1) is 12.4 Å². The van der Waals surface area contributed by atoms with E-state index in [1.165, 1.54) is 37.7 Å². The van der Waals surface area contributed by atoms with Crippen LogP contribution in [0.25, 0.3) is 0 Å². The zero-order chi connectivity index (χ0) is 9.86. The lowest BCUT2D eigenvalue weighted by Crippen LogP contribution is -2.37. The smallest absolute Gasteiger partial charge is 0.00755 e. The molecule has 2 rings (SSSR count). The Bertz CT molecular complexity index is 278. The van der Waals surface area contributed by atoms with Crippen LogP contribution in [-0.4, -0.2) is 6.54 Å². The van der Waals surface area contributed by atoms with Crippen LogP contribution >= 0.6 is 12.4 Å². The van der Waals surface area contributed by atoms with E-state index in [0.717, 1.165) is 6.54 Å². The third-order valence-corrected chi connectivity index (χ3v) is 3.59. The molecule has 0 bridgehead atoms. The van der Waals surface area contributed by atoms with Crippen LogP contribution in [0.2, 0.25) is 0 Å². The van der Waals surface area contributed by atoms with Crippen molar-refractivity contribution in [2.24, 2.45) is 5.73 Å². The topological polar surface area (TPSA) is 26.0 Å². The minimum atomic E-state index is 0. The molecule has 0 aliphatic heterocycles. The van der Waals surface area contributed by atoms with E-state index in [2.05, 4.69) is 30.3 Å². The summed E-state index contributed by atoms with van der Waals surface area (Å²) in [5.41, 5.74) is 7.71. The van der Waals surface area contributed by atoms with Gasteiger partial charge in [0.1, 0.15) is 0 Å². The summed E-state index contributed by atoms with van der Waals surface area (Å²) in [6, 6.07) is 10.8. The number of benzene rings is 1. The predicted molar refractivity (Wildman–Crippen MR) is 67.5 cm³/mol. The summed E-state index contributed by atoms with van der Waals surface area (Å²) in [4.78, 5) is 0. The highest BCUT2D eigenvalue weighted by atomic mass is 35.5. The van der Waals surface area contributed by atoms with Gasteiger partial charge in [0, 0.05) is 12.0 Å². The molecule has 1 fully saturated rings. The number of hydrogen-bond acceptors (Lipinski definition) is 1. The molecular weight excluding hydrogens is 206 g/mol. The van der Waals surface area contributed by atoms with Gasteiger partial charge in [-0.1, -0.05) is 49.6 Å². The van der Waals surface area contributed by atoms with E-state index in [9.17, 15) is 0 Å². The van der Waals surface area contributed by atoms with Crippen molar-refractivity contribution in [3.8, 4) is 0 Å². The molecule has 1 nitrogen and oxygen atoms in total. The van der Waals surface area contributed by atoms with Gasteiger partial charge in [-0.3, -0.25) is 0 Å². The van der Waals surface area contributed by atoms with Crippen molar-refractivity contribution in [1.82, 2.24) is 0 Å². The van der Waals surface area contributed by atoms with E-state index in [0.29, 0.717) is 5.41 Å². The second kappa shape index (κ2) is 5.53. The Morgan fingerprint density at radius 3 is 2.13 bits per heavy atom. The minimum absolute atomic E-state index is 0. The molecule has 1 aromatic carbocycles. The van der Waals surface area contributed by atoms with Crippen molar-refractivity contribution < 1.29 is 0 Å². The molecule has 15 heavy (non-hydrogen) atoms. The van der Waals surface area contributed by atoms with Crippen LogP contribution in [-0.2, 0) is 5.41 Å². The molecule has 1 aliphatic carbocycles. The number of hydrogen-bond donors (Lipinski definition) is 1.